The number of halogens is 3. The molecular weight excluding hydrogens is 305 g/mol. The molecule has 23 heavy (non-hydrogen) atoms. The van der Waals surface area contributed by atoms with E-state index in [-0.39, 0.29) is 5.89 Å². The minimum Gasteiger partial charge on any atom is -0.436 e. The average molecular weight is 322 g/mol. The Bertz CT molecular complexity index is 805. The molecular formula is C17H17F3N2O. The highest BCUT2D eigenvalue weighted by atomic mass is 19.4. The van der Waals surface area contributed by atoms with Gasteiger partial charge in [0, 0.05) is 5.56 Å². The molecule has 2 N–H and O–H groups in total. The van der Waals surface area contributed by atoms with Gasteiger partial charge in [-0.15, -0.1) is 0 Å². The zero-order chi connectivity index (χ0) is 17.2. The molecule has 0 aliphatic heterocycles. The Morgan fingerprint density at radius 3 is 2.17 bits per heavy atom. The number of nitrogen functional groups attached to an aromatic ring is 1. The van der Waals surface area contributed by atoms with Crippen molar-refractivity contribution in [3.63, 3.8) is 0 Å². The van der Waals surface area contributed by atoms with Crippen LogP contribution in [0, 0.1) is 6.92 Å². The highest BCUT2D eigenvalue weighted by molar-refractivity contribution is 5.89. The number of fused-ring (bicyclic) bond motifs is 1. The molecule has 122 valence electrons. The molecule has 6 heteroatoms. The predicted octanol–water partition coefficient (Wildman–Crippen LogP) is 5.43. The fraction of sp³-hybridized carbons (Fsp3) is 0.235. The Morgan fingerprint density at radius 1 is 1.00 bits per heavy atom. The number of nitrogens with two attached hydrogens (primary N) is 1. The van der Waals surface area contributed by atoms with Crippen molar-refractivity contribution in [3.8, 4) is 11.5 Å². The first-order valence-corrected chi connectivity index (χ1v) is 7.19. The summed E-state index contributed by atoms with van der Waals surface area (Å²) in [4.78, 5) is 4.26. The van der Waals surface area contributed by atoms with Gasteiger partial charge in [0.25, 0.3) is 0 Å². The maximum atomic E-state index is 12.5. The van der Waals surface area contributed by atoms with Crippen molar-refractivity contribution in [1.29, 1.82) is 0 Å². The Kier molecular flexibility index (Phi) is 4.63. The molecule has 0 unspecified atom stereocenters. The van der Waals surface area contributed by atoms with Gasteiger partial charge in [-0.25, -0.2) is 4.98 Å². The number of rotatable bonds is 1. The molecule has 0 aliphatic rings. The SMILES string of the molecule is CC.Cc1ccc2oc(-c3ccc(C(F)(F)F)cc3)nc2c1N. The molecule has 3 nitrogen and oxygen atoms in total. The van der Waals surface area contributed by atoms with Gasteiger partial charge in [0.1, 0.15) is 5.52 Å². The summed E-state index contributed by atoms with van der Waals surface area (Å²) in [5, 5.41) is 0. The molecule has 0 bridgehead atoms. The van der Waals surface area contributed by atoms with Gasteiger partial charge in [-0.05, 0) is 42.8 Å². The summed E-state index contributed by atoms with van der Waals surface area (Å²) in [6.45, 7) is 5.85. The third-order valence-corrected chi connectivity index (χ3v) is 3.28. The summed E-state index contributed by atoms with van der Waals surface area (Å²) >= 11 is 0. The van der Waals surface area contributed by atoms with Crippen LogP contribution < -0.4 is 5.73 Å². The van der Waals surface area contributed by atoms with Crippen molar-refractivity contribution in [3.05, 3.63) is 47.5 Å². The maximum Gasteiger partial charge on any atom is 0.416 e. The van der Waals surface area contributed by atoms with Gasteiger partial charge in [0.15, 0.2) is 5.58 Å². The van der Waals surface area contributed by atoms with Crippen LogP contribution in [0.25, 0.3) is 22.6 Å². The molecule has 0 saturated carbocycles. The van der Waals surface area contributed by atoms with Gasteiger partial charge < -0.3 is 10.2 Å². The average Bonchev–Trinajstić information content (AvgIpc) is 2.97. The second-order valence-corrected chi connectivity index (χ2v) is 4.74. The molecule has 1 heterocycles. The zero-order valence-corrected chi connectivity index (χ0v) is 13.0. The minimum atomic E-state index is -4.36. The number of hydrogen-bond acceptors (Lipinski definition) is 3. The largest absolute Gasteiger partial charge is 0.436 e. The lowest BCUT2D eigenvalue weighted by molar-refractivity contribution is -0.137. The normalized spacial score (nSPS) is 11.2. The van der Waals surface area contributed by atoms with E-state index >= 15 is 0 Å². The summed E-state index contributed by atoms with van der Waals surface area (Å²) in [5.74, 6) is 0.246. The molecule has 3 rings (SSSR count). The quantitative estimate of drug-likeness (QED) is 0.608. The first kappa shape index (κ1) is 16.9. The van der Waals surface area contributed by atoms with E-state index in [0.717, 1.165) is 17.7 Å². The first-order chi connectivity index (χ1) is 10.9. The summed E-state index contributed by atoms with van der Waals surface area (Å²) in [6, 6.07) is 8.20. The third kappa shape index (κ3) is 3.31. The van der Waals surface area contributed by atoms with Gasteiger partial charge in [-0.3, -0.25) is 0 Å². The number of oxazole rings is 1. The molecule has 3 aromatic rings. The van der Waals surface area contributed by atoms with Crippen molar-refractivity contribution in [2.45, 2.75) is 26.9 Å². The monoisotopic (exact) mass is 322 g/mol. The number of aromatic nitrogens is 1. The van der Waals surface area contributed by atoms with E-state index in [0.29, 0.717) is 22.4 Å². The van der Waals surface area contributed by atoms with Gasteiger partial charge >= 0.3 is 6.18 Å². The van der Waals surface area contributed by atoms with Crippen LogP contribution in [-0.4, -0.2) is 4.98 Å². The van der Waals surface area contributed by atoms with Crippen LogP contribution in [0.3, 0.4) is 0 Å². The summed E-state index contributed by atoms with van der Waals surface area (Å²) in [5.41, 5.74) is 8.08. The van der Waals surface area contributed by atoms with Crippen molar-refractivity contribution < 1.29 is 17.6 Å². The molecule has 2 aromatic carbocycles. The Hall–Kier alpha value is -2.50. The lowest BCUT2D eigenvalue weighted by Gasteiger charge is -2.05. The Balaban J connectivity index is 0.000000924. The van der Waals surface area contributed by atoms with E-state index in [1.165, 1.54) is 12.1 Å². The van der Waals surface area contributed by atoms with E-state index < -0.39 is 11.7 Å². The molecule has 0 amide bonds. The Labute approximate surface area is 131 Å². The number of nitrogens with zero attached hydrogens (tertiary/aromatic N) is 1. The second-order valence-electron chi connectivity index (χ2n) is 4.74. The topological polar surface area (TPSA) is 52.0 Å². The number of benzene rings is 2. The van der Waals surface area contributed by atoms with E-state index in [4.69, 9.17) is 10.2 Å². The smallest absolute Gasteiger partial charge is 0.416 e. The Morgan fingerprint density at radius 2 is 1.61 bits per heavy atom. The van der Waals surface area contributed by atoms with Gasteiger partial charge in [-0.1, -0.05) is 19.9 Å². The van der Waals surface area contributed by atoms with E-state index in [1.807, 2.05) is 20.8 Å². The van der Waals surface area contributed by atoms with Gasteiger partial charge in [-0.2, -0.15) is 13.2 Å². The highest BCUT2D eigenvalue weighted by Crippen LogP contribution is 2.32. The number of anilines is 1. The molecule has 0 atom stereocenters. The van der Waals surface area contributed by atoms with Crippen LogP contribution in [0.5, 0.6) is 0 Å². The number of alkyl halides is 3. The standard InChI is InChI=1S/C15H11F3N2O.C2H6/c1-8-2-7-11-13(12(8)19)20-14(21-11)9-3-5-10(6-4-9)15(16,17)18;1-2/h2-7H,19H2,1H3;1-2H3. The summed E-state index contributed by atoms with van der Waals surface area (Å²) < 4.78 is 43.1. The molecule has 0 fully saturated rings. The lowest BCUT2D eigenvalue weighted by atomic mass is 10.1. The highest BCUT2D eigenvalue weighted by Gasteiger charge is 2.30. The number of hydrogen-bond donors (Lipinski definition) is 1. The fourth-order valence-electron chi connectivity index (χ4n) is 2.04. The van der Waals surface area contributed by atoms with Gasteiger partial charge in [0.05, 0.1) is 11.3 Å². The van der Waals surface area contributed by atoms with Crippen molar-refractivity contribution in [2.24, 2.45) is 0 Å². The molecule has 0 aliphatic carbocycles. The zero-order valence-electron chi connectivity index (χ0n) is 13.0. The maximum absolute atomic E-state index is 12.5. The van der Waals surface area contributed by atoms with Crippen LogP contribution >= 0.6 is 0 Å². The molecule has 1 aromatic heterocycles. The second kappa shape index (κ2) is 6.32. The third-order valence-electron chi connectivity index (χ3n) is 3.28. The molecule has 0 spiro atoms. The summed E-state index contributed by atoms with van der Waals surface area (Å²) in [7, 11) is 0. The van der Waals surface area contributed by atoms with Crippen LogP contribution in [0.4, 0.5) is 18.9 Å². The van der Waals surface area contributed by atoms with Crippen LogP contribution in [0.2, 0.25) is 0 Å². The summed E-state index contributed by atoms with van der Waals surface area (Å²) in [6.07, 6.45) is -4.36. The van der Waals surface area contributed by atoms with Crippen LogP contribution in [0.15, 0.2) is 40.8 Å². The van der Waals surface area contributed by atoms with Crippen molar-refractivity contribution in [2.75, 3.05) is 5.73 Å². The van der Waals surface area contributed by atoms with Crippen LogP contribution in [0.1, 0.15) is 25.0 Å². The van der Waals surface area contributed by atoms with E-state index in [1.54, 1.807) is 12.1 Å². The van der Waals surface area contributed by atoms with Crippen molar-refractivity contribution in [1.82, 2.24) is 4.98 Å². The first-order valence-electron chi connectivity index (χ1n) is 7.19. The molecule has 0 saturated heterocycles. The number of aryl methyl sites for hydroxylation is 1. The fourth-order valence-corrected chi connectivity index (χ4v) is 2.04. The lowest BCUT2D eigenvalue weighted by Crippen LogP contribution is -2.03. The van der Waals surface area contributed by atoms with Crippen molar-refractivity contribution >= 4 is 16.8 Å². The van der Waals surface area contributed by atoms with Gasteiger partial charge in [0.2, 0.25) is 5.89 Å². The predicted molar refractivity (Wildman–Crippen MR) is 84.9 cm³/mol. The van der Waals surface area contributed by atoms with E-state index in [2.05, 4.69) is 4.98 Å². The minimum absolute atomic E-state index is 0.246. The molecule has 0 radical (unpaired) electrons. The van der Waals surface area contributed by atoms with Crippen LogP contribution in [-0.2, 0) is 6.18 Å². The van der Waals surface area contributed by atoms with E-state index in [9.17, 15) is 13.2 Å².